The number of ether oxygens (including phenoxy) is 1. The first-order valence-corrected chi connectivity index (χ1v) is 7.85. The predicted octanol–water partition coefficient (Wildman–Crippen LogP) is 0.860. The van der Waals surface area contributed by atoms with E-state index in [1.54, 1.807) is 0 Å². The number of anilines is 2. The van der Waals surface area contributed by atoms with Gasteiger partial charge in [0.25, 0.3) is 0 Å². The molecule has 116 valence electrons. The van der Waals surface area contributed by atoms with Gasteiger partial charge in [-0.1, -0.05) is 0 Å². The number of hydrogen-bond donors (Lipinski definition) is 1. The highest BCUT2D eigenvalue weighted by Gasteiger charge is 2.25. The molecule has 5 nitrogen and oxygen atoms in total. The van der Waals surface area contributed by atoms with Gasteiger partial charge in [0, 0.05) is 37.9 Å². The number of nitrogens with two attached hydrogens (primary N) is 1. The molecule has 0 amide bonds. The van der Waals surface area contributed by atoms with Crippen LogP contribution in [0.25, 0.3) is 0 Å². The van der Waals surface area contributed by atoms with Crippen molar-refractivity contribution in [3.63, 3.8) is 0 Å². The zero-order valence-corrected chi connectivity index (χ0v) is 13.2. The smallest absolute Gasteiger partial charge is 0.144 e. The van der Waals surface area contributed by atoms with Crippen LogP contribution in [-0.2, 0) is 0 Å². The third kappa shape index (κ3) is 3.41. The van der Waals surface area contributed by atoms with Gasteiger partial charge in [-0.3, -0.25) is 4.90 Å². The van der Waals surface area contributed by atoms with Gasteiger partial charge in [0.2, 0.25) is 0 Å². The topological polar surface area (TPSA) is 41.7 Å². The molecule has 0 aromatic heterocycles. The van der Waals surface area contributed by atoms with Gasteiger partial charge in [0.05, 0.1) is 39.4 Å². The summed E-state index contributed by atoms with van der Waals surface area (Å²) in [6.07, 6.45) is 0. The molecule has 0 unspecified atom stereocenters. The van der Waals surface area contributed by atoms with Gasteiger partial charge in [-0.15, -0.1) is 0 Å². The molecule has 1 saturated heterocycles. The van der Waals surface area contributed by atoms with Crippen molar-refractivity contribution in [3.8, 4) is 5.75 Å². The lowest BCUT2D eigenvalue weighted by Crippen LogP contribution is -2.55. The highest BCUT2D eigenvalue weighted by Crippen LogP contribution is 2.33. The first kappa shape index (κ1) is 14.5. The fraction of sp³-hybridized carbons (Fsp3) is 0.625. The molecule has 0 atom stereocenters. The van der Waals surface area contributed by atoms with Crippen LogP contribution in [0.5, 0.6) is 5.75 Å². The van der Waals surface area contributed by atoms with Crippen molar-refractivity contribution < 1.29 is 9.22 Å². The zero-order chi connectivity index (χ0) is 14.9. The van der Waals surface area contributed by atoms with Crippen LogP contribution in [0.1, 0.15) is 0 Å². The normalized spacial score (nSPS) is 21.7. The molecule has 0 bridgehead atoms. The lowest BCUT2D eigenvalue weighted by atomic mass is 10.2. The zero-order valence-electron chi connectivity index (χ0n) is 13.2. The summed E-state index contributed by atoms with van der Waals surface area (Å²) in [4.78, 5) is 5.00. The SMILES string of the molecule is C[N+]1(C)CCN(CCN2CCOc3cc(N)ccc32)CC1. The second kappa shape index (κ2) is 5.73. The van der Waals surface area contributed by atoms with Crippen LogP contribution in [-0.4, -0.2) is 75.9 Å². The summed E-state index contributed by atoms with van der Waals surface area (Å²) < 4.78 is 6.86. The van der Waals surface area contributed by atoms with E-state index < -0.39 is 0 Å². The van der Waals surface area contributed by atoms with E-state index in [9.17, 15) is 0 Å². The monoisotopic (exact) mass is 291 g/mol. The Hall–Kier alpha value is -1.46. The average Bonchev–Trinajstić information content (AvgIpc) is 2.45. The summed E-state index contributed by atoms with van der Waals surface area (Å²) in [5.74, 6) is 0.928. The van der Waals surface area contributed by atoms with Crippen molar-refractivity contribution in [1.82, 2.24) is 4.90 Å². The molecule has 0 aliphatic carbocycles. The molecule has 0 spiro atoms. The van der Waals surface area contributed by atoms with Gasteiger partial charge >= 0.3 is 0 Å². The minimum absolute atomic E-state index is 0.750. The Balaban J connectivity index is 1.57. The highest BCUT2D eigenvalue weighted by atomic mass is 16.5. The number of fused-ring (bicyclic) bond motifs is 1. The van der Waals surface area contributed by atoms with Gasteiger partial charge < -0.3 is 19.9 Å². The average molecular weight is 291 g/mol. The summed E-state index contributed by atoms with van der Waals surface area (Å²) in [7, 11) is 4.64. The van der Waals surface area contributed by atoms with E-state index in [1.165, 1.54) is 31.9 Å². The van der Waals surface area contributed by atoms with Crippen molar-refractivity contribution in [2.45, 2.75) is 0 Å². The molecule has 5 heteroatoms. The van der Waals surface area contributed by atoms with Gasteiger partial charge in [-0.05, 0) is 12.1 Å². The summed E-state index contributed by atoms with van der Waals surface area (Å²) in [5.41, 5.74) is 7.79. The third-order valence-electron chi connectivity index (χ3n) is 4.67. The molecule has 0 radical (unpaired) electrons. The molecule has 0 saturated carbocycles. The Kier molecular flexibility index (Phi) is 3.95. The summed E-state index contributed by atoms with van der Waals surface area (Å²) in [6, 6.07) is 5.98. The summed E-state index contributed by atoms with van der Waals surface area (Å²) in [6.45, 7) is 8.80. The fourth-order valence-electron chi connectivity index (χ4n) is 3.06. The molecular formula is C16H27N4O+. The van der Waals surface area contributed by atoms with Gasteiger partial charge in [-0.25, -0.2) is 0 Å². The van der Waals surface area contributed by atoms with Gasteiger partial charge in [-0.2, -0.15) is 0 Å². The second-order valence-corrected chi connectivity index (χ2v) is 6.79. The molecule has 2 N–H and O–H groups in total. The molecule has 2 heterocycles. The quantitative estimate of drug-likeness (QED) is 0.662. The van der Waals surface area contributed by atoms with E-state index >= 15 is 0 Å². The van der Waals surface area contributed by atoms with Crippen LogP contribution in [0, 0.1) is 0 Å². The number of likely N-dealkylation sites (N-methyl/N-ethyl adjacent to an activating group) is 1. The highest BCUT2D eigenvalue weighted by molar-refractivity contribution is 5.65. The van der Waals surface area contributed by atoms with Crippen molar-refractivity contribution in [2.24, 2.45) is 0 Å². The van der Waals surface area contributed by atoms with E-state index in [4.69, 9.17) is 10.5 Å². The predicted molar refractivity (Wildman–Crippen MR) is 86.8 cm³/mol. The summed E-state index contributed by atoms with van der Waals surface area (Å²) >= 11 is 0. The summed E-state index contributed by atoms with van der Waals surface area (Å²) in [5, 5.41) is 0. The fourth-order valence-corrected chi connectivity index (χ4v) is 3.06. The number of quaternary nitrogens is 1. The van der Waals surface area contributed by atoms with E-state index in [1.807, 2.05) is 12.1 Å². The van der Waals surface area contributed by atoms with Gasteiger partial charge in [0.1, 0.15) is 12.4 Å². The molecule has 1 aromatic rings. The number of hydrogen-bond acceptors (Lipinski definition) is 4. The Morgan fingerprint density at radius 2 is 1.90 bits per heavy atom. The molecule has 1 aromatic carbocycles. The van der Waals surface area contributed by atoms with Crippen molar-refractivity contribution in [1.29, 1.82) is 0 Å². The van der Waals surface area contributed by atoms with Crippen LogP contribution in [0.4, 0.5) is 11.4 Å². The molecule has 3 rings (SSSR count). The van der Waals surface area contributed by atoms with Crippen LogP contribution in [0.15, 0.2) is 18.2 Å². The Morgan fingerprint density at radius 3 is 2.67 bits per heavy atom. The van der Waals surface area contributed by atoms with Crippen molar-refractivity contribution in [2.75, 3.05) is 77.1 Å². The molecule has 1 fully saturated rings. The van der Waals surface area contributed by atoms with E-state index in [0.29, 0.717) is 0 Å². The Morgan fingerprint density at radius 1 is 1.14 bits per heavy atom. The molecule has 2 aliphatic rings. The largest absolute Gasteiger partial charge is 0.489 e. The van der Waals surface area contributed by atoms with Crippen molar-refractivity contribution >= 4 is 11.4 Å². The molecule has 21 heavy (non-hydrogen) atoms. The maximum atomic E-state index is 5.84. The maximum absolute atomic E-state index is 5.84. The first-order chi connectivity index (χ1) is 10.0. The van der Waals surface area contributed by atoms with Crippen LogP contribution in [0.2, 0.25) is 0 Å². The van der Waals surface area contributed by atoms with Crippen LogP contribution < -0.4 is 15.4 Å². The lowest BCUT2D eigenvalue weighted by Gasteiger charge is -2.40. The minimum Gasteiger partial charge on any atom is -0.489 e. The standard InChI is InChI=1S/C16H27N4O/c1-20(2)10-7-18(8-11-20)5-6-19-9-12-21-16-13-14(17)3-4-15(16)19/h3-4,13H,5-12,17H2,1-2H3/q+1. The third-order valence-corrected chi connectivity index (χ3v) is 4.67. The maximum Gasteiger partial charge on any atom is 0.144 e. The van der Waals surface area contributed by atoms with E-state index in [2.05, 4.69) is 30.0 Å². The van der Waals surface area contributed by atoms with Crippen LogP contribution in [0.3, 0.4) is 0 Å². The second-order valence-electron chi connectivity index (χ2n) is 6.79. The van der Waals surface area contributed by atoms with E-state index in [0.717, 1.165) is 42.2 Å². The van der Waals surface area contributed by atoms with E-state index in [-0.39, 0.29) is 0 Å². The van der Waals surface area contributed by atoms with Crippen LogP contribution >= 0.6 is 0 Å². The minimum atomic E-state index is 0.750. The Bertz CT molecular complexity index is 493. The number of rotatable bonds is 3. The molecule has 2 aliphatic heterocycles. The van der Waals surface area contributed by atoms with Crippen molar-refractivity contribution in [3.05, 3.63) is 18.2 Å². The Labute approximate surface area is 127 Å². The number of piperazine rings is 1. The van der Waals surface area contributed by atoms with Gasteiger partial charge in [0.15, 0.2) is 0 Å². The number of nitrogen functional groups attached to an aromatic ring is 1. The lowest BCUT2D eigenvalue weighted by molar-refractivity contribution is -0.894. The number of nitrogens with zero attached hydrogens (tertiary/aromatic N) is 3. The molecular weight excluding hydrogens is 264 g/mol. The first-order valence-electron chi connectivity index (χ1n) is 7.85. The number of benzene rings is 1.